The number of carbonyl (C=O) groups excluding carboxylic acids is 1. The Morgan fingerprint density at radius 2 is 2.19 bits per heavy atom. The minimum atomic E-state index is -0.903. The normalized spacial score (nSPS) is 17.2. The third kappa shape index (κ3) is 4.57. The molecule has 1 fully saturated rings. The minimum absolute atomic E-state index is 0. The van der Waals surface area contributed by atoms with Crippen LogP contribution in [0.4, 0.5) is 4.39 Å². The molecule has 1 N–H and O–H groups in total. The molecule has 1 aromatic carbocycles. The van der Waals surface area contributed by atoms with Gasteiger partial charge in [0, 0.05) is 17.6 Å². The van der Waals surface area contributed by atoms with Crippen molar-refractivity contribution in [3.8, 4) is 5.75 Å². The van der Waals surface area contributed by atoms with Gasteiger partial charge in [-0.2, -0.15) is 0 Å². The topological polar surface area (TPSA) is 66.8 Å². The maximum atomic E-state index is 13.5. The molecule has 21 heavy (non-hydrogen) atoms. The molecule has 116 valence electrons. The fraction of sp³-hybridized carbons (Fsp3) is 0.385. The van der Waals surface area contributed by atoms with Crippen LogP contribution in [0.2, 0.25) is 0 Å². The Balaban J connectivity index is 0.00000220. The van der Waals surface area contributed by atoms with E-state index in [2.05, 4.69) is 15.9 Å². The van der Waals surface area contributed by atoms with E-state index in [1.54, 1.807) is 6.07 Å². The lowest BCUT2D eigenvalue weighted by Crippen LogP contribution is -2.33. The zero-order valence-electron chi connectivity index (χ0n) is 10.9. The van der Waals surface area contributed by atoms with Gasteiger partial charge in [-0.05, 0) is 24.6 Å². The molecule has 1 unspecified atom stereocenters. The molecule has 0 spiro atoms. The number of ether oxygens (including phenoxy) is 1. The van der Waals surface area contributed by atoms with Gasteiger partial charge in [0.25, 0.3) is 5.91 Å². The Hall–Kier alpha value is -1.34. The van der Waals surface area contributed by atoms with Crippen LogP contribution in [-0.4, -0.2) is 41.6 Å². The van der Waals surface area contributed by atoms with Crippen molar-refractivity contribution in [1.29, 1.82) is 0 Å². The van der Waals surface area contributed by atoms with Gasteiger partial charge in [-0.15, -0.1) is 12.4 Å². The largest absolute Gasteiger partial charge is 0.481 e. The second-order valence-corrected chi connectivity index (χ2v) is 5.44. The van der Waals surface area contributed by atoms with Gasteiger partial charge in [-0.1, -0.05) is 15.9 Å². The Morgan fingerprint density at radius 3 is 2.76 bits per heavy atom. The maximum absolute atomic E-state index is 13.5. The van der Waals surface area contributed by atoms with Crippen molar-refractivity contribution < 1.29 is 23.8 Å². The SMILES string of the molecule is Cl.O=C(O)C1CCN(C(=O)COc2ccc(Br)cc2F)C1. The minimum Gasteiger partial charge on any atom is -0.481 e. The van der Waals surface area contributed by atoms with Crippen LogP contribution in [0.1, 0.15) is 6.42 Å². The lowest BCUT2D eigenvalue weighted by atomic mass is 10.1. The van der Waals surface area contributed by atoms with Crippen molar-refractivity contribution in [3.05, 3.63) is 28.5 Å². The number of hydrogen-bond acceptors (Lipinski definition) is 3. The van der Waals surface area contributed by atoms with E-state index in [1.807, 2.05) is 0 Å². The summed E-state index contributed by atoms with van der Waals surface area (Å²) in [6.07, 6.45) is 0.438. The van der Waals surface area contributed by atoms with Gasteiger partial charge >= 0.3 is 5.97 Å². The first-order valence-corrected chi connectivity index (χ1v) is 6.85. The van der Waals surface area contributed by atoms with Gasteiger partial charge in [0.2, 0.25) is 0 Å². The summed E-state index contributed by atoms with van der Waals surface area (Å²) in [6, 6.07) is 4.28. The first-order chi connectivity index (χ1) is 9.47. The summed E-state index contributed by atoms with van der Waals surface area (Å²) < 4.78 is 19.2. The number of hydrogen-bond donors (Lipinski definition) is 1. The average Bonchev–Trinajstić information content (AvgIpc) is 2.87. The molecule has 5 nitrogen and oxygen atoms in total. The fourth-order valence-electron chi connectivity index (χ4n) is 2.01. The first kappa shape index (κ1) is 17.7. The van der Waals surface area contributed by atoms with Gasteiger partial charge in [0.15, 0.2) is 18.2 Å². The number of likely N-dealkylation sites (tertiary alicyclic amines) is 1. The molecule has 2 rings (SSSR count). The lowest BCUT2D eigenvalue weighted by molar-refractivity contribution is -0.141. The number of aliphatic carboxylic acids is 1. The number of nitrogens with zero attached hydrogens (tertiary/aromatic N) is 1. The second-order valence-electron chi connectivity index (χ2n) is 4.53. The van der Waals surface area contributed by atoms with Crippen LogP contribution in [0.15, 0.2) is 22.7 Å². The fourth-order valence-corrected chi connectivity index (χ4v) is 2.34. The quantitative estimate of drug-likeness (QED) is 0.868. The van der Waals surface area contributed by atoms with E-state index >= 15 is 0 Å². The number of benzene rings is 1. The van der Waals surface area contributed by atoms with Gasteiger partial charge in [-0.25, -0.2) is 4.39 Å². The smallest absolute Gasteiger partial charge is 0.308 e. The molecule has 0 aromatic heterocycles. The van der Waals surface area contributed by atoms with Crippen LogP contribution in [0.5, 0.6) is 5.75 Å². The summed E-state index contributed by atoms with van der Waals surface area (Å²) in [4.78, 5) is 24.1. The van der Waals surface area contributed by atoms with Crippen molar-refractivity contribution >= 4 is 40.2 Å². The predicted octanol–water partition coefficient (Wildman–Crippen LogP) is 2.32. The number of carboxylic acid groups (broad SMARTS) is 1. The molecule has 1 heterocycles. The molecule has 0 bridgehead atoms. The number of rotatable bonds is 4. The molecule has 1 saturated heterocycles. The Kier molecular flexibility index (Phi) is 6.42. The van der Waals surface area contributed by atoms with Crippen LogP contribution in [0.3, 0.4) is 0 Å². The van der Waals surface area contributed by atoms with Gasteiger partial charge < -0.3 is 14.7 Å². The third-order valence-electron chi connectivity index (χ3n) is 3.14. The molecule has 8 heteroatoms. The first-order valence-electron chi connectivity index (χ1n) is 6.06. The monoisotopic (exact) mass is 381 g/mol. The third-order valence-corrected chi connectivity index (χ3v) is 3.63. The van der Waals surface area contributed by atoms with Crippen molar-refractivity contribution in [3.63, 3.8) is 0 Å². The average molecular weight is 383 g/mol. The highest BCUT2D eigenvalue weighted by molar-refractivity contribution is 9.10. The van der Waals surface area contributed by atoms with Crippen LogP contribution in [0, 0.1) is 11.7 Å². The van der Waals surface area contributed by atoms with E-state index in [9.17, 15) is 14.0 Å². The molecule has 1 aromatic rings. The number of halogens is 3. The summed E-state index contributed by atoms with van der Waals surface area (Å²) >= 11 is 3.12. The Labute approximate surface area is 135 Å². The molecule has 0 aliphatic carbocycles. The molecule has 0 saturated carbocycles. The van der Waals surface area contributed by atoms with Crippen LogP contribution in [-0.2, 0) is 9.59 Å². The molecule has 1 atom stereocenters. The summed E-state index contributed by atoms with van der Waals surface area (Å²) in [7, 11) is 0. The number of carboxylic acids is 1. The van der Waals surface area contributed by atoms with Crippen molar-refractivity contribution in [2.24, 2.45) is 5.92 Å². The molecule has 1 aliphatic rings. The summed E-state index contributed by atoms with van der Waals surface area (Å²) in [5, 5.41) is 8.86. The van der Waals surface area contributed by atoms with E-state index in [0.29, 0.717) is 17.4 Å². The zero-order chi connectivity index (χ0) is 14.7. The molecule has 0 radical (unpaired) electrons. The van der Waals surface area contributed by atoms with Crippen LogP contribution in [0.25, 0.3) is 0 Å². The Bertz CT molecular complexity index is 543. The molecule has 1 aliphatic heterocycles. The molecule has 1 amide bonds. The van der Waals surface area contributed by atoms with Crippen molar-refractivity contribution in [2.75, 3.05) is 19.7 Å². The van der Waals surface area contributed by atoms with Crippen LogP contribution >= 0.6 is 28.3 Å². The van der Waals surface area contributed by atoms with Gasteiger partial charge in [0.1, 0.15) is 0 Å². The van der Waals surface area contributed by atoms with Crippen LogP contribution < -0.4 is 4.74 Å². The molecular formula is C13H14BrClFNO4. The van der Waals surface area contributed by atoms with E-state index < -0.39 is 17.7 Å². The van der Waals surface area contributed by atoms with Crippen molar-refractivity contribution in [1.82, 2.24) is 4.90 Å². The van der Waals surface area contributed by atoms with Gasteiger partial charge in [0.05, 0.1) is 5.92 Å². The van der Waals surface area contributed by atoms with E-state index in [4.69, 9.17) is 9.84 Å². The number of amides is 1. The predicted molar refractivity (Wildman–Crippen MR) is 79.2 cm³/mol. The standard InChI is InChI=1S/C13H13BrFNO4.ClH/c14-9-1-2-11(10(15)5-9)20-7-12(17)16-4-3-8(6-16)13(18)19;/h1-2,5,8H,3-4,6-7H2,(H,18,19);1H. The second kappa shape index (κ2) is 7.61. The van der Waals surface area contributed by atoms with Crippen molar-refractivity contribution in [2.45, 2.75) is 6.42 Å². The Morgan fingerprint density at radius 1 is 1.48 bits per heavy atom. The highest BCUT2D eigenvalue weighted by atomic mass is 79.9. The highest BCUT2D eigenvalue weighted by Gasteiger charge is 2.30. The van der Waals surface area contributed by atoms with E-state index in [1.165, 1.54) is 17.0 Å². The summed E-state index contributed by atoms with van der Waals surface area (Å²) in [6.45, 7) is 0.271. The maximum Gasteiger partial charge on any atom is 0.308 e. The number of carbonyl (C=O) groups is 2. The van der Waals surface area contributed by atoms with E-state index in [-0.39, 0.29) is 37.2 Å². The highest BCUT2D eigenvalue weighted by Crippen LogP contribution is 2.22. The summed E-state index contributed by atoms with van der Waals surface area (Å²) in [5.41, 5.74) is 0. The molecular weight excluding hydrogens is 369 g/mol. The lowest BCUT2D eigenvalue weighted by Gasteiger charge is -2.16. The summed E-state index contributed by atoms with van der Waals surface area (Å²) in [5.74, 6) is -2.33. The van der Waals surface area contributed by atoms with E-state index in [0.717, 1.165) is 0 Å². The zero-order valence-corrected chi connectivity index (χ0v) is 13.3. The van der Waals surface area contributed by atoms with Gasteiger partial charge in [-0.3, -0.25) is 9.59 Å².